The molecule has 0 unspecified atom stereocenters. The molecule has 0 atom stereocenters. The Morgan fingerprint density at radius 1 is 1.00 bits per heavy atom. The lowest BCUT2D eigenvalue weighted by Crippen LogP contribution is -1.91. The molecule has 0 saturated heterocycles. The van der Waals surface area contributed by atoms with Crippen molar-refractivity contribution in [2.45, 2.75) is 0 Å². The first-order chi connectivity index (χ1) is 10.1. The third-order valence-corrected chi connectivity index (χ3v) is 3.91. The highest BCUT2D eigenvalue weighted by Gasteiger charge is 2.13. The Morgan fingerprint density at radius 2 is 1.76 bits per heavy atom. The summed E-state index contributed by atoms with van der Waals surface area (Å²) in [4.78, 5) is 7.75. The summed E-state index contributed by atoms with van der Waals surface area (Å²) >= 11 is 12.0. The molecule has 6 heteroatoms. The van der Waals surface area contributed by atoms with Crippen molar-refractivity contribution in [3.05, 3.63) is 40.4 Å². The number of rotatable bonds is 3. The van der Waals surface area contributed by atoms with Crippen molar-refractivity contribution >= 4 is 34.2 Å². The van der Waals surface area contributed by atoms with E-state index >= 15 is 0 Å². The summed E-state index contributed by atoms with van der Waals surface area (Å²) in [6.07, 6.45) is 0. The first kappa shape index (κ1) is 14.0. The van der Waals surface area contributed by atoms with Gasteiger partial charge in [-0.25, -0.2) is 4.98 Å². The van der Waals surface area contributed by atoms with Crippen LogP contribution in [0.1, 0.15) is 0 Å². The van der Waals surface area contributed by atoms with Crippen molar-refractivity contribution in [1.29, 1.82) is 0 Å². The number of nitrogens with one attached hydrogen (secondary N) is 1. The molecule has 21 heavy (non-hydrogen) atoms. The standard InChI is InChI=1S/C15H12Cl2N2O2/c1-20-8-3-4-9(14(5-8)21-2)15-18-12-6-10(16)11(17)7-13(12)19-15/h3-7H,1-2H3,(H,18,19). The SMILES string of the molecule is COc1ccc(-c2nc3cc(Cl)c(Cl)cc3[nH]2)c(OC)c1. The Labute approximate surface area is 131 Å². The molecule has 2 aromatic carbocycles. The van der Waals surface area contributed by atoms with Crippen molar-refractivity contribution in [1.82, 2.24) is 9.97 Å². The van der Waals surface area contributed by atoms with Crippen molar-refractivity contribution in [3.8, 4) is 22.9 Å². The highest BCUT2D eigenvalue weighted by molar-refractivity contribution is 6.42. The Morgan fingerprint density at radius 3 is 2.48 bits per heavy atom. The second kappa shape index (κ2) is 5.47. The Kier molecular flexibility index (Phi) is 3.66. The molecule has 0 aliphatic heterocycles. The van der Waals surface area contributed by atoms with Gasteiger partial charge in [0, 0.05) is 6.07 Å². The molecule has 3 rings (SSSR count). The molecule has 0 radical (unpaired) electrons. The molecule has 1 N–H and O–H groups in total. The van der Waals surface area contributed by atoms with Crippen LogP contribution in [0.4, 0.5) is 0 Å². The average molecular weight is 323 g/mol. The summed E-state index contributed by atoms with van der Waals surface area (Å²) < 4.78 is 10.6. The van der Waals surface area contributed by atoms with E-state index in [0.717, 1.165) is 22.3 Å². The fraction of sp³-hybridized carbons (Fsp3) is 0.133. The molecule has 0 amide bonds. The number of aromatic amines is 1. The molecule has 4 nitrogen and oxygen atoms in total. The maximum Gasteiger partial charge on any atom is 0.142 e. The summed E-state index contributed by atoms with van der Waals surface area (Å²) in [6.45, 7) is 0. The third-order valence-electron chi connectivity index (χ3n) is 3.19. The number of aromatic nitrogens is 2. The lowest BCUT2D eigenvalue weighted by atomic mass is 10.2. The molecule has 1 aromatic heterocycles. The number of methoxy groups -OCH3 is 2. The zero-order chi connectivity index (χ0) is 15.0. The van der Waals surface area contributed by atoms with E-state index in [1.165, 1.54) is 0 Å². The van der Waals surface area contributed by atoms with E-state index < -0.39 is 0 Å². The lowest BCUT2D eigenvalue weighted by molar-refractivity contribution is 0.395. The predicted molar refractivity (Wildman–Crippen MR) is 84.7 cm³/mol. The van der Waals surface area contributed by atoms with Gasteiger partial charge in [-0.1, -0.05) is 23.2 Å². The lowest BCUT2D eigenvalue weighted by Gasteiger charge is -2.08. The van der Waals surface area contributed by atoms with E-state index in [1.807, 2.05) is 18.2 Å². The minimum absolute atomic E-state index is 0.476. The molecule has 0 fully saturated rings. The van der Waals surface area contributed by atoms with Gasteiger partial charge < -0.3 is 14.5 Å². The minimum Gasteiger partial charge on any atom is -0.497 e. The zero-order valence-corrected chi connectivity index (χ0v) is 12.9. The summed E-state index contributed by atoms with van der Waals surface area (Å²) in [7, 11) is 3.22. The van der Waals surface area contributed by atoms with Gasteiger partial charge in [0.1, 0.15) is 17.3 Å². The third kappa shape index (κ3) is 2.52. The Balaban J connectivity index is 2.16. The number of imidazole rings is 1. The second-order valence-electron chi connectivity index (χ2n) is 4.44. The fourth-order valence-corrected chi connectivity index (χ4v) is 2.45. The van der Waals surface area contributed by atoms with E-state index in [1.54, 1.807) is 26.4 Å². The number of hydrogen-bond donors (Lipinski definition) is 1. The minimum atomic E-state index is 0.476. The van der Waals surface area contributed by atoms with Crippen molar-refractivity contribution in [2.75, 3.05) is 14.2 Å². The van der Waals surface area contributed by atoms with Crippen LogP contribution in [0.15, 0.2) is 30.3 Å². The van der Waals surface area contributed by atoms with Gasteiger partial charge >= 0.3 is 0 Å². The van der Waals surface area contributed by atoms with Gasteiger partial charge in [-0.3, -0.25) is 0 Å². The van der Waals surface area contributed by atoms with Crippen LogP contribution in [0.2, 0.25) is 10.0 Å². The van der Waals surface area contributed by atoms with Crippen LogP contribution in [0.3, 0.4) is 0 Å². The molecule has 1 heterocycles. The van der Waals surface area contributed by atoms with E-state index in [2.05, 4.69) is 9.97 Å². The number of halogens is 2. The largest absolute Gasteiger partial charge is 0.497 e. The number of H-pyrrole nitrogens is 1. The Hall–Kier alpha value is -1.91. The molecule has 0 aliphatic carbocycles. The van der Waals surface area contributed by atoms with Crippen LogP contribution in [-0.2, 0) is 0 Å². The van der Waals surface area contributed by atoms with Crippen LogP contribution in [0.25, 0.3) is 22.4 Å². The van der Waals surface area contributed by atoms with Gasteiger partial charge in [0.05, 0.1) is 40.9 Å². The quantitative estimate of drug-likeness (QED) is 0.769. The molecule has 0 spiro atoms. The Bertz CT molecular complexity index is 776. The molecular formula is C15H12Cl2N2O2. The van der Waals surface area contributed by atoms with Gasteiger partial charge in [-0.2, -0.15) is 0 Å². The molecule has 3 aromatic rings. The fourth-order valence-electron chi connectivity index (χ4n) is 2.13. The summed E-state index contributed by atoms with van der Waals surface area (Å²) in [5.74, 6) is 2.08. The average Bonchev–Trinajstić information content (AvgIpc) is 2.89. The van der Waals surface area contributed by atoms with E-state index in [9.17, 15) is 0 Å². The summed E-state index contributed by atoms with van der Waals surface area (Å²) in [6, 6.07) is 9.03. The van der Waals surface area contributed by atoms with Crippen molar-refractivity contribution in [3.63, 3.8) is 0 Å². The summed E-state index contributed by atoms with van der Waals surface area (Å²) in [5.41, 5.74) is 2.40. The highest BCUT2D eigenvalue weighted by Crippen LogP contribution is 2.34. The van der Waals surface area contributed by atoms with Gasteiger partial charge in [0.2, 0.25) is 0 Å². The summed E-state index contributed by atoms with van der Waals surface area (Å²) in [5, 5.41) is 0.963. The number of benzene rings is 2. The monoisotopic (exact) mass is 322 g/mol. The van der Waals surface area contributed by atoms with Crippen molar-refractivity contribution < 1.29 is 9.47 Å². The first-order valence-electron chi connectivity index (χ1n) is 6.19. The maximum atomic E-state index is 6.02. The number of hydrogen-bond acceptors (Lipinski definition) is 3. The number of fused-ring (bicyclic) bond motifs is 1. The molecule has 0 aliphatic rings. The first-order valence-corrected chi connectivity index (χ1v) is 6.95. The van der Waals surface area contributed by atoms with E-state index in [0.29, 0.717) is 21.6 Å². The molecule has 108 valence electrons. The second-order valence-corrected chi connectivity index (χ2v) is 5.25. The molecule has 0 saturated carbocycles. The van der Waals surface area contributed by atoms with Crippen LogP contribution in [-0.4, -0.2) is 24.2 Å². The van der Waals surface area contributed by atoms with Crippen LogP contribution in [0.5, 0.6) is 11.5 Å². The highest BCUT2D eigenvalue weighted by atomic mass is 35.5. The van der Waals surface area contributed by atoms with Crippen LogP contribution < -0.4 is 9.47 Å². The number of ether oxygens (including phenoxy) is 2. The topological polar surface area (TPSA) is 47.1 Å². The predicted octanol–water partition coefficient (Wildman–Crippen LogP) is 4.55. The maximum absolute atomic E-state index is 6.02. The normalized spacial score (nSPS) is 10.9. The molecular weight excluding hydrogens is 311 g/mol. The van der Waals surface area contributed by atoms with E-state index in [-0.39, 0.29) is 0 Å². The van der Waals surface area contributed by atoms with E-state index in [4.69, 9.17) is 32.7 Å². The van der Waals surface area contributed by atoms with Crippen LogP contribution in [0, 0.1) is 0 Å². The van der Waals surface area contributed by atoms with Crippen LogP contribution >= 0.6 is 23.2 Å². The smallest absolute Gasteiger partial charge is 0.142 e. The zero-order valence-electron chi connectivity index (χ0n) is 11.4. The molecule has 0 bridgehead atoms. The van der Waals surface area contributed by atoms with Crippen molar-refractivity contribution in [2.24, 2.45) is 0 Å². The number of nitrogens with zero attached hydrogens (tertiary/aromatic N) is 1. The van der Waals surface area contributed by atoms with Gasteiger partial charge in [0.15, 0.2) is 0 Å². The van der Waals surface area contributed by atoms with Gasteiger partial charge in [-0.15, -0.1) is 0 Å². The van der Waals surface area contributed by atoms with Gasteiger partial charge in [-0.05, 0) is 24.3 Å². The van der Waals surface area contributed by atoms with Gasteiger partial charge in [0.25, 0.3) is 0 Å².